The van der Waals surface area contributed by atoms with Gasteiger partial charge in [-0.15, -0.1) is 0 Å². The third-order valence-corrected chi connectivity index (χ3v) is 4.06. The average Bonchev–Trinajstić information content (AvgIpc) is 2.40. The smallest absolute Gasteiger partial charge is 0.0376 e. The van der Waals surface area contributed by atoms with Crippen LogP contribution in [0.3, 0.4) is 0 Å². The zero-order chi connectivity index (χ0) is 12.9. The van der Waals surface area contributed by atoms with E-state index in [0.29, 0.717) is 0 Å². The molecule has 0 spiro atoms. The van der Waals surface area contributed by atoms with Gasteiger partial charge in [0.15, 0.2) is 0 Å². The summed E-state index contributed by atoms with van der Waals surface area (Å²) < 4.78 is 0. The Morgan fingerprint density at radius 2 is 1.63 bits per heavy atom. The minimum atomic E-state index is 0.893. The highest BCUT2D eigenvalue weighted by Crippen LogP contribution is 2.27. The third-order valence-electron chi connectivity index (χ3n) is 4.06. The van der Waals surface area contributed by atoms with Crippen LogP contribution < -0.4 is 5.32 Å². The summed E-state index contributed by atoms with van der Waals surface area (Å²) in [5.74, 6) is 0.893. The fourth-order valence-corrected chi connectivity index (χ4v) is 2.61. The molecule has 1 fully saturated rings. The van der Waals surface area contributed by atoms with Gasteiger partial charge in [-0.25, -0.2) is 0 Å². The van der Waals surface area contributed by atoms with Crippen molar-refractivity contribution in [1.82, 2.24) is 0 Å². The molecule has 1 saturated carbocycles. The molecule has 1 N–H and O–H groups in total. The van der Waals surface area contributed by atoms with Gasteiger partial charge in [-0.2, -0.15) is 0 Å². The molecule has 0 aromatic heterocycles. The van der Waals surface area contributed by atoms with Crippen LogP contribution in [0.2, 0.25) is 0 Å². The van der Waals surface area contributed by atoms with Crippen LogP contribution in [0.15, 0.2) is 54.6 Å². The van der Waals surface area contributed by atoms with Crippen LogP contribution in [-0.2, 0) is 6.42 Å². The molecule has 98 valence electrons. The van der Waals surface area contributed by atoms with Gasteiger partial charge in [0.25, 0.3) is 0 Å². The molecule has 0 atom stereocenters. The van der Waals surface area contributed by atoms with Gasteiger partial charge in [0, 0.05) is 12.2 Å². The van der Waals surface area contributed by atoms with E-state index in [1.54, 1.807) is 0 Å². The summed E-state index contributed by atoms with van der Waals surface area (Å²) in [5.41, 5.74) is 4.08. The quantitative estimate of drug-likeness (QED) is 0.825. The van der Waals surface area contributed by atoms with Crippen molar-refractivity contribution in [1.29, 1.82) is 0 Å². The van der Waals surface area contributed by atoms with Gasteiger partial charge in [-0.3, -0.25) is 0 Å². The Labute approximate surface area is 115 Å². The van der Waals surface area contributed by atoms with E-state index >= 15 is 0 Å². The fraction of sp³-hybridized carbons (Fsp3) is 0.333. The van der Waals surface area contributed by atoms with Crippen molar-refractivity contribution in [2.45, 2.75) is 25.7 Å². The first-order chi connectivity index (χ1) is 9.42. The van der Waals surface area contributed by atoms with Gasteiger partial charge in [-0.1, -0.05) is 55.0 Å². The maximum absolute atomic E-state index is 3.64. The van der Waals surface area contributed by atoms with Gasteiger partial charge in [0.2, 0.25) is 0 Å². The highest BCUT2D eigenvalue weighted by atomic mass is 14.9. The maximum Gasteiger partial charge on any atom is 0.0376 e. The summed E-state index contributed by atoms with van der Waals surface area (Å²) in [6.45, 7) is 1.13. The topological polar surface area (TPSA) is 12.0 Å². The Balaban J connectivity index is 1.69. The molecule has 0 amide bonds. The SMILES string of the molecule is c1ccc(Cc2ccccc2NCC2CCC2)cc1. The predicted molar refractivity (Wildman–Crippen MR) is 81.5 cm³/mol. The lowest BCUT2D eigenvalue weighted by Gasteiger charge is -2.26. The first-order valence-electron chi connectivity index (χ1n) is 7.27. The molecule has 3 rings (SSSR count). The number of hydrogen-bond donors (Lipinski definition) is 1. The molecule has 1 aliphatic rings. The second-order valence-corrected chi connectivity index (χ2v) is 5.50. The Morgan fingerprint density at radius 3 is 2.37 bits per heavy atom. The van der Waals surface area contributed by atoms with Gasteiger partial charge in [-0.05, 0) is 42.4 Å². The first kappa shape index (κ1) is 12.3. The minimum Gasteiger partial charge on any atom is -0.385 e. The highest BCUT2D eigenvalue weighted by molar-refractivity contribution is 5.52. The Kier molecular flexibility index (Phi) is 3.83. The van der Waals surface area contributed by atoms with Crippen molar-refractivity contribution >= 4 is 5.69 Å². The fourth-order valence-electron chi connectivity index (χ4n) is 2.61. The molecule has 0 bridgehead atoms. The Hall–Kier alpha value is -1.76. The molecule has 0 unspecified atom stereocenters. The molecule has 1 nitrogen and oxygen atoms in total. The van der Waals surface area contributed by atoms with Crippen LogP contribution in [0.1, 0.15) is 30.4 Å². The van der Waals surface area contributed by atoms with Gasteiger partial charge < -0.3 is 5.32 Å². The number of para-hydroxylation sites is 1. The molecule has 1 heteroatoms. The van der Waals surface area contributed by atoms with Crippen molar-refractivity contribution in [2.24, 2.45) is 5.92 Å². The monoisotopic (exact) mass is 251 g/mol. The lowest BCUT2D eigenvalue weighted by Crippen LogP contribution is -2.21. The standard InChI is InChI=1S/C18H21N/c1-2-7-15(8-3-1)13-17-11-4-5-12-18(17)19-14-16-9-6-10-16/h1-5,7-8,11-12,16,19H,6,9-10,13-14H2. The van der Waals surface area contributed by atoms with E-state index in [0.717, 1.165) is 18.9 Å². The number of benzene rings is 2. The summed E-state index contributed by atoms with van der Waals surface area (Å²) in [7, 11) is 0. The zero-order valence-electron chi connectivity index (χ0n) is 11.3. The van der Waals surface area contributed by atoms with Gasteiger partial charge in [0.05, 0.1) is 0 Å². The molecule has 0 heterocycles. The number of rotatable bonds is 5. The van der Waals surface area contributed by atoms with E-state index in [2.05, 4.69) is 59.9 Å². The van der Waals surface area contributed by atoms with E-state index in [4.69, 9.17) is 0 Å². The summed E-state index contributed by atoms with van der Waals surface area (Å²) in [5, 5.41) is 3.64. The normalized spacial score (nSPS) is 14.9. The first-order valence-corrected chi connectivity index (χ1v) is 7.27. The van der Waals surface area contributed by atoms with Crippen LogP contribution >= 0.6 is 0 Å². The largest absolute Gasteiger partial charge is 0.385 e. The van der Waals surface area contributed by atoms with Crippen LogP contribution in [0.4, 0.5) is 5.69 Å². The van der Waals surface area contributed by atoms with E-state index in [1.165, 1.54) is 36.1 Å². The summed E-state index contributed by atoms with van der Waals surface area (Å²) >= 11 is 0. The van der Waals surface area contributed by atoms with E-state index in [-0.39, 0.29) is 0 Å². The molecule has 0 aliphatic heterocycles. The summed E-state index contributed by atoms with van der Waals surface area (Å²) in [6.07, 6.45) is 5.22. The molecular weight excluding hydrogens is 230 g/mol. The summed E-state index contributed by atoms with van der Waals surface area (Å²) in [6, 6.07) is 19.4. The molecule has 19 heavy (non-hydrogen) atoms. The summed E-state index contributed by atoms with van der Waals surface area (Å²) in [4.78, 5) is 0. The number of hydrogen-bond acceptors (Lipinski definition) is 1. The zero-order valence-corrected chi connectivity index (χ0v) is 11.3. The predicted octanol–water partition coefficient (Wildman–Crippen LogP) is 4.49. The average molecular weight is 251 g/mol. The lowest BCUT2D eigenvalue weighted by atomic mass is 9.85. The molecule has 0 radical (unpaired) electrons. The minimum absolute atomic E-state index is 0.893. The molecular formula is C18H21N. The third kappa shape index (κ3) is 3.17. The second kappa shape index (κ2) is 5.92. The molecule has 2 aromatic rings. The van der Waals surface area contributed by atoms with Crippen LogP contribution in [0.5, 0.6) is 0 Å². The van der Waals surface area contributed by atoms with E-state index in [9.17, 15) is 0 Å². The van der Waals surface area contributed by atoms with E-state index in [1.807, 2.05) is 0 Å². The number of anilines is 1. The van der Waals surface area contributed by atoms with Crippen molar-refractivity contribution in [3.8, 4) is 0 Å². The Morgan fingerprint density at radius 1 is 0.895 bits per heavy atom. The van der Waals surface area contributed by atoms with Gasteiger partial charge >= 0.3 is 0 Å². The highest BCUT2D eigenvalue weighted by Gasteiger charge is 2.17. The second-order valence-electron chi connectivity index (χ2n) is 5.50. The molecule has 0 saturated heterocycles. The lowest BCUT2D eigenvalue weighted by molar-refractivity contribution is 0.333. The molecule has 2 aromatic carbocycles. The van der Waals surface area contributed by atoms with Crippen LogP contribution in [0.25, 0.3) is 0 Å². The van der Waals surface area contributed by atoms with Crippen LogP contribution in [0, 0.1) is 5.92 Å². The van der Waals surface area contributed by atoms with Crippen molar-refractivity contribution in [3.05, 3.63) is 65.7 Å². The van der Waals surface area contributed by atoms with Crippen molar-refractivity contribution in [3.63, 3.8) is 0 Å². The van der Waals surface area contributed by atoms with Crippen LogP contribution in [-0.4, -0.2) is 6.54 Å². The maximum atomic E-state index is 3.64. The van der Waals surface area contributed by atoms with Crippen molar-refractivity contribution in [2.75, 3.05) is 11.9 Å². The van der Waals surface area contributed by atoms with E-state index < -0.39 is 0 Å². The molecule has 1 aliphatic carbocycles. The van der Waals surface area contributed by atoms with Crippen molar-refractivity contribution < 1.29 is 0 Å². The number of nitrogens with one attached hydrogen (secondary N) is 1. The van der Waals surface area contributed by atoms with Gasteiger partial charge in [0.1, 0.15) is 0 Å². The Bertz CT molecular complexity index is 514.